The largest absolute Gasteiger partial charge is 0.462 e. The van der Waals surface area contributed by atoms with Gasteiger partial charge in [-0.05, 0) is 44.4 Å². The van der Waals surface area contributed by atoms with Crippen LogP contribution in [0.1, 0.15) is 36.5 Å². The first-order valence-corrected chi connectivity index (χ1v) is 7.11. The van der Waals surface area contributed by atoms with Crippen LogP contribution in [0.5, 0.6) is 0 Å². The topological polar surface area (TPSA) is 64.8 Å². The molecule has 0 saturated carbocycles. The second-order valence-electron chi connectivity index (χ2n) is 4.75. The molecule has 2 N–H and O–H groups in total. The van der Waals surface area contributed by atoms with Crippen LogP contribution >= 0.6 is 0 Å². The molecule has 1 heterocycles. The van der Waals surface area contributed by atoms with Crippen molar-refractivity contribution in [2.24, 2.45) is 5.73 Å². The number of carbonyl (C=O) groups excluding carboxylic acids is 1. The molecule has 1 aliphatic rings. The van der Waals surface area contributed by atoms with Gasteiger partial charge in [0, 0.05) is 12.2 Å². The molecule has 2 rings (SSSR count). The first-order valence-electron chi connectivity index (χ1n) is 7.11. The van der Waals surface area contributed by atoms with E-state index in [9.17, 15) is 4.79 Å². The smallest absolute Gasteiger partial charge is 0.338 e. The molecule has 1 atom stereocenters. The molecule has 1 fully saturated rings. The summed E-state index contributed by atoms with van der Waals surface area (Å²) in [6.07, 6.45) is 3.21. The van der Waals surface area contributed by atoms with Crippen molar-refractivity contribution in [3.05, 3.63) is 29.8 Å². The van der Waals surface area contributed by atoms with Gasteiger partial charge >= 0.3 is 5.97 Å². The molecular formula is C15H22N2O3. The minimum atomic E-state index is -0.289. The third-order valence-corrected chi connectivity index (χ3v) is 3.43. The average Bonchev–Trinajstić information content (AvgIpc) is 2.48. The monoisotopic (exact) mass is 278 g/mol. The zero-order valence-electron chi connectivity index (χ0n) is 11.9. The number of piperidine rings is 1. The molecule has 5 nitrogen and oxygen atoms in total. The zero-order chi connectivity index (χ0) is 14.4. The fourth-order valence-electron chi connectivity index (χ4n) is 2.51. The quantitative estimate of drug-likeness (QED) is 0.660. The highest BCUT2D eigenvalue weighted by Crippen LogP contribution is 2.26. The molecule has 0 aliphatic carbocycles. The Morgan fingerprint density at radius 3 is 3.05 bits per heavy atom. The lowest BCUT2D eigenvalue weighted by molar-refractivity contribution is 0.0387. The van der Waals surface area contributed by atoms with Gasteiger partial charge in [-0.1, -0.05) is 6.07 Å². The Morgan fingerprint density at radius 2 is 2.30 bits per heavy atom. The standard InChI is InChI=1S/C15H22N2O3/c1-2-19-15(18)12-6-5-7-13(10-12)17-9-4-3-8-14(17)20-11-16/h5-7,10,14H,2-4,8-9,11,16H2,1H3. The number of nitrogens with two attached hydrogens (primary N) is 1. The van der Waals surface area contributed by atoms with Crippen LogP contribution < -0.4 is 10.6 Å². The second kappa shape index (κ2) is 7.26. The first kappa shape index (κ1) is 14.8. The lowest BCUT2D eigenvalue weighted by Gasteiger charge is -2.37. The predicted molar refractivity (Wildman–Crippen MR) is 77.5 cm³/mol. The maximum absolute atomic E-state index is 11.8. The number of ether oxygens (including phenoxy) is 2. The number of benzene rings is 1. The summed E-state index contributed by atoms with van der Waals surface area (Å²) in [6.45, 7) is 3.30. The Hall–Kier alpha value is -1.59. The summed E-state index contributed by atoms with van der Waals surface area (Å²) in [7, 11) is 0. The van der Waals surface area contributed by atoms with E-state index in [2.05, 4.69) is 4.90 Å². The van der Waals surface area contributed by atoms with E-state index in [1.54, 1.807) is 13.0 Å². The van der Waals surface area contributed by atoms with Crippen LogP contribution in [-0.4, -0.2) is 32.1 Å². The fraction of sp³-hybridized carbons (Fsp3) is 0.533. The van der Waals surface area contributed by atoms with Crippen LogP contribution in [0.3, 0.4) is 0 Å². The molecule has 1 aromatic carbocycles. The number of esters is 1. The third kappa shape index (κ3) is 3.49. The predicted octanol–water partition coefficient (Wildman–Crippen LogP) is 2.11. The Morgan fingerprint density at radius 1 is 1.45 bits per heavy atom. The first-order chi connectivity index (χ1) is 9.76. The van der Waals surface area contributed by atoms with E-state index in [1.807, 2.05) is 18.2 Å². The summed E-state index contributed by atoms with van der Waals surface area (Å²) < 4.78 is 10.6. The minimum absolute atomic E-state index is 0.00815. The molecule has 0 amide bonds. The molecule has 1 unspecified atom stereocenters. The van der Waals surface area contributed by atoms with Crippen LogP contribution in [0.4, 0.5) is 5.69 Å². The highest BCUT2D eigenvalue weighted by molar-refractivity contribution is 5.90. The molecule has 1 saturated heterocycles. The van der Waals surface area contributed by atoms with Crippen molar-refractivity contribution in [3.63, 3.8) is 0 Å². The zero-order valence-corrected chi connectivity index (χ0v) is 11.9. The Bertz CT molecular complexity index is 448. The van der Waals surface area contributed by atoms with Crippen LogP contribution in [0.25, 0.3) is 0 Å². The lowest BCUT2D eigenvalue weighted by atomic mass is 10.1. The highest BCUT2D eigenvalue weighted by Gasteiger charge is 2.23. The fourth-order valence-corrected chi connectivity index (χ4v) is 2.51. The molecule has 20 heavy (non-hydrogen) atoms. The van der Waals surface area contributed by atoms with Crippen molar-refractivity contribution in [2.45, 2.75) is 32.4 Å². The van der Waals surface area contributed by atoms with E-state index >= 15 is 0 Å². The van der Waals surface area contributed by atoms with Gasteiger partial charge in [-0.15, -0.1) is 0 Å². The van der Waals surface area contributed by atoms with Crippen LogP contribution in [-0.2, 0) is 9.47 Å². The molecule has 1 aromatic rings. The summed E-state index contributed by atoms with van der Waals surface area (Å²) in [6, 6.07) is 7.48. The van der Waals surface area contributed by atoms with Gasteiger partial charge in [0.05, 0.1) is 18.9 Å². The van der Waals surface area contributed by atoms with Gasteiger partial charge in [0.15, 0.2) is 0 Å². The molecule has 0 radical (unpaired) electrons. The van der Waals surface area contributed by atoms with E-state index in [4.69, 9.17) is 15.2 Å². The molecular weight excluding hydrogens is 256 g/mol. The van der Waals surface area contributed by atoms with E-state index in [-0.39, 0.29) is 18.9 Å². The van der Waals surface area contributed by atoms with Gasteiger partial charge in [-0.3, -0.25) is 0 Å². The van der Waals surface area contributed by atoms with Crippen molar-refractivity contribution < 1.29 is 14.3 Å². The lowest BCUT2D eigenvalue weighted by Crippen LogP contribution is -2.42. The van der Waals surface area contributed by atoms with Crippen LogP contribution in [0.2, 0.25) is 0 Å². The molecule has 0 spiro atoms. The van der Waals surface area contributed by atoms with Gasteiger partial charge in [-0.2, -0.15) is 0 Å². The van der Waals surface area contributed by atoms with Gasteiger partial charge in [0.2, 0.25) is 0 Å². The van der Waals surface area contributed by atoms with Crippen molar-refractivity contribution in [1.82, 2.24) is 0 Å². The highest BCUT2D eigenvalue weighted by atomic mass is 16.5. The van der Waals surface area contributed by atoms with Crippen LogP contribution in [0, 0.1) is 0 Å². The Labute approximate surface area is 119 Å². The van der Waals surface area contributed by atoms with Crippen molar-refractivity contribution >= 4 is 11.7 Å². The molecule has 5 heteroatoms. The number of anilines is 1. The average molecular weight is 278 g/mol. The third-order valence-electron chi connectivity index (χ3n) is 3.43. The van der Waals surface area contributed by atoms with Gasteiger partial charge < -0.3 is 20.1 Å². The number of rotatable bonds is 5. The van der Waals surface area contributed by atoms with E-state index < -0.39 is 0 Å². The summed E-state index contributed by atoms with van der Waals surface area (Å²) in [5.41, 5.74) is 7.05. The van der Waals surface area contributed by atoms with Gasteiger partial charge in [0.25, 0.3) is 0 Å². The summed E-state index contributed by atoms with van der Waals surface area (Å²) >= 11 is 0. The Kier molecular flexibility index (Phi) is 5.38. The second-order valence-corrected chi connectivity index (χ2v) is 4.75. The molecule has 0 aromatic heterocycles. The van der Waals surface area contributed by atoms with E-state index in [1.165, 1.54) is 0 Å². The SMILES string of the molecule is CCOC(=O)c1cccc(N2CCCCC2OCN)c1. The summed E-state index contributed by atoms with van der Waals surface area (Å²) in [5.74, 6) is -0.289. The van der Waals surface area contributed by atoms with Crippen molar-refractivity contribution in [2.75, 3.05) is 24.8 Å². The van der Waals surface area contributed by atoms with Crippen LogP contribution in [0.15, 0.2) is 24.3 Å². The van der Waals surface area contributed by atoms with Gasteiger partial charge in [0.1, 0.15) is 6.23 Å². The maximum atomic E-state index is 11.8. The number of carbonyl (C=O) groups is 1. The molecule has 1 aliphatic heterocycles. The number of hydrogen-bond donors (Lipinski definition) is 1. The van der Waals surface area contributed by atoms with Crippen molar-refractivity contribution in [3.8, 4) is 0 Å². The van der Waals surface area contributed by atoms with E-state index in [0.717, 1.165) is 31.5 Å². The molecule has 110 valence electrons. The Balaban J connectivity index is 2.18. The minimum Gasteiger partial charge on any atom is -0.462 e. The normalized spacial score (nSPS) is 18.9. The summed E-state index contributed by atoms with van der Waals surface area (Å²) in [4.78, 5) is 14.0. The summed E-state index contributed by atoms with van der Waals surface area (Å²) in [5, 5.41) is 0. The number of hydrogen-bond acceptors (Lipinski definition) is 5. The van der Waals surface area contributed by atoms with Gasteiger partial charge in [-0.25, -0.2) is 4.79 Å². The maximum Gasteiger partial charge on any atom is 0.338 e. The van der Waals surface area contributed by atoms with Crippen molar-refractivity contribution in [1.29, 1.82) is 0 Å². The van der Waals surface area contributed by atoms with E-state index in [0.29, 0.717) is 12.2 Å². The molecule has 0 bridgehead atoms. The number of nitrogens with zero attached hydrogens (tertiary/aromatic N) is 1.